The van der Waals surface area contributed by atoms with E-state index in [9.17, 15) is 9.90 Å². The molecule has 0 aliphatic heterocycles. The van der Waals surface area contributed by atoms with Gasteiger partial charge in [-0.1, -0.05) is 45.0 Å². The van der Waals surface area contributed by atoms with Crippen LogP contribution in [0.5, 0.6) is 0 Å². The van der Waals surface area contributed by atoms with Crippen LogP contribution in [-0.2, 0) is 10.2 Å². The van der Waals surface area contributed by atoms with Crippen molar-refractivity contribution in [2.45, 2.75) is 32.3 Å². The van der Waals surface area contributed by atoms with Gasteiger partial charge >= 0.3 is 0 Å². The van der Waals surface area contributed by atoms with Crippen molar-refractivity contribution in [3.63, 3.8) is 0 Å². The zero-order valence-corrected chi connectivity index (χ0v) is 12.9. The summed E-state index contributed by atoms with van der Waals surface area (Å²) < 4.78 is 0. The van der Waals surface area contributed by atoms with Gasteiger partial charge in [-0.25, -0.2) is 0 Å². The molecule has 0 saturated carbocycles. The van der Waals surface area contributed by atoms with Crippen molar-refractivity contribution in [2.75, 3.05) is 18.6 Å². The molecular formula is C15H23NO2S. The number of hydrogen-bond donors (Lipinski definition) is 2. The number of nitrogens with one attached hydrogen (secondary N) is 1. The van der Waals surface area contributed by atoms with Crippen LogP contribution >= 0.6 is 11.8 Å². The first-order valence-corrected chi connectivity index (χ1v) is 7.78. The van der Waals surface area contributed by atoms with E-state index in [1.165, 1.54) is 17.3 Å². The van der Waals surface area contributed by atoms with Gasteiger partial charge in [0.15, 0.2) is 0 Å². The molecule has 0 heterocycles. The average Bonchev–Trinajstić information content (AvgIpc) is 2.35. The van der Waals surface area contributed by atoms with Crippen molar-refractivity contribution in [1.82, 2.24) is 5.32 Å². The third-order valence-corrected chi connectivity index (χ3v) is 3.48. The Kier molecular flexibility index (Phi) is 5.88. The zero-order valence-electron chi connectivity index (χ0n) is 12.1. The van der Waals surface area contributed by atoms with Crippen LogP contribution in [0.2, 0.25) is 0 Å². The molecule has 2 N–H and O–H groups in total. The predicted octanol–water partition coefficient (Wildman–Crippen LogP) is 2.50. The molecule has 0 spiro atoms. The lowest BCUT2D eigenvalue weighted by atomic mass is 9.86. The number of benzene rings is 1. The van der Waals surface area contributed by atoms with Crippen LogP contribution in [0, 0.1) is 0 Å². The summed E-state index contributed by atoms with van der Waals surface area (Å²) >= 11 is 1.47. The van der Waals surface area contributed by atoms with Gasteiger partial charge in [0.2, 0.25) is 5.91 Å². The molecule has 0 bridgehead atoms. The van der Waals surface area contributed by atoms with Crippen LogP contribution in [0.25, 0.3) is 0 Å². The van der Waals surface area contributed by atoms with Crippen molar-refractivity contribution >= 4 is 17.7 Å². The van der Waals surface area contributed by atoms with Crippen molar-refractivity contribution < 1.29 is 9.90 Å². The lowest BCUT2D eigenvalue weighted by molar-refractivity contribution is -0.119. The molecule has 0 unspecified atom stereocenters. The van der Waals surface area contributed by atoms with E-state index in [1.807, 2.05) is 30.5 Å². The second-order valence-electron chi connectivity index (χ2n) is 5.62. The minimum Gasteiger partial charge on any atom is -0.387 e. The Bertz CT molecular complexity index is 409. The quantitative estimate of drug-likeness (QED) is 0.872. The molecule has 1 amide bonds. The van der Waals surface area contributed by atoms with Gasteiger partial charge in [-0.05, 0) is 22.8 Å². The summed E-state index contributed by atoms with van der Waals surface area (Å²) in [6, 6.07) is 7.91. The highest BCUT2D eigenvalue weighted by Crippen LogP contribution is 2.23. The second kappa shape index (κ2) is 6.96. The SMILES string of the molecule is CSCC(=O)NC[C@H](O)c1ccc(C(C)(C)C)cc1. The van der Waals surface area contributed by atoms with Gasteiger partial charge in [-0.3, -0.25) is 4.79 Å². The molecule has 4 heteroatoms. The van der Waals surface area contributed by atoms with Gasteiger partial charge in [-0.2, -0.15) is 11.8 Å². The Labute approximate surface area is 119 Å². The molecule has 0 saturated heterocycles. The molecule has 1 aromatic rings. The first-order chi connectivity index (χ1) is 8.84. The fourth-order valence-corrected chi connectivity index (χ4v) is 2.08. The van der Waals surface area contributed by atoms with Gasteiger partial charge in [0, 0.05) is 6.54 Å². The van der Waals surface area contributed by atoms with Gasteiger partial charge < -0.3 is 10.4 Å². The van der Waals surface area contributed by atoms with Crippen molar-refractivity contribution in [3.8, 4) is 0 Å². The van der Waals surface area contributed by atoms with E-state index in [2.05, 4.69) is 26.1 Å². The van der Waals surface area contributed by atoms with Gasteiger partial charge in [0.25, 0.3) is 0 Å². The number of aliphatic hydroxyl groups is 1. The Morgan fingerprint density at radius 3 is 2.37 bits per heavy atom. The number of carbonyl (C=O) groups is 1. The van der Waals surface area contributed by atoms with Gasteiger partial charge in [0.05, 0.1) is 11.9 Å². The fraction of sp³-hybridized carbons (Fsp3) is 0.533. The largest absolute Gasteiger partial charge is 0.387 e. The normalized spacial score (nSPS) is 13.1. The second-order valence-corrected chi connectivity index (χ2v) is 6.49. The molecular weight excluding hydrogens is 258 g/mol. The lowest BCUT2D eigenvalue weighted by Crippen LogP contribution is -2.29. The van der Waals surface area contributed by atoms with Crippen molar-refractivity contribution in [1.29, 1.82) is 0 Å². The van der Waals surface area contributed by atoms with E-state index in [0.717, 1.165) is 5.56 Å². The molecule has 1 aromatic carbocycles. The van der Waals surface area contributed by atoms with Crippen LogP contribution in [0.4, 0.5) is 0 Å². The van der Waals surface area contributed by atoms with E-state index in [0.29, 0.717) is 5.75 Å². The summed E-state index contributed by atoms with van der Waals surface area (Å²) in [5, 5.41) is 12.7. The third-order valence-electron chi connectivity index (χ3n) is 2.93. The maximum atomic E-state index is 11.3. The maximum Gasteiger partial charge on any atom is 0.230 e. The molecule has 1 atom stereocenters. The Morgan fingerprint density at radius 1 is 1.32 bits per heavy atom. The standard InChI is InChI=1S/C15H23NO2S/c1-15(2,3)12-7-5-11(6-8-12)13(17)9-16-14(18)10-19-4/h5-8,13,17H,9-10H2,1-4H3,(H,16,18)/t13-/m0/s1. The Morgan fingerprint density at radius 2 is 1.89 bits per heavy atom. The number of hydrogen-bond acceptors (Lipinski definition) is 3. The minimum absolute atomic E-state index is 0.0436. The molecule has 0 radical (unpaired) electrons. The van der Waals surface area contributed by atoms with Crippen molar-refractivity contribution in [3.05, 3.63) is 35.4 Å². The van der Waals surface area contributed by atoms with E-state index in [1.54, 1.807) is 0 Å². The van der Waals surface area contributed by atoms with Gasteiger partial charge in [-0.15, -0.1) is 0 Å². The molecule has 0 aliphatic carbocycles. The van der Waals surface area contributed by atoms with Crippen LogP contribution in [0.15, 0.2) is 24.3 Å². The Hall–Kier alpha value is -1.00. The number of rotatable bonds is 5. The number of thioether (sulfide) groups is 1. The highest BCUT2D eigenvalue weighted by molar-refractivity contribution is 7.99. The highest BCUT2D eigenvalue weighted by atomic mass is 32.2. The highest BCUT2D eigenvalue weighted by Gasteiger charge is 2.14. The third kappa shape index (κ3) is 5.25. The molecule has 0 aromatic heterocycles. The molecule has 1 rings (SSSR count). The summed E-state index contributed by atoms with van der Waals surface area (Å²) in [5.74, 6) is 0.383. The van der Waals surface area contributed by atoms with E-state index in [4.69, 9.17) is 0 Å². The van der Waals surface area contributed by atoms with Crippen LogP contribution in [0.1, 0.15) is 38.0 Å². The molecule has 0 aliphatic rings. The van der Waals surface area contributed by atoms with Crippen LogP contribution in [0.3, 0.4) is 0 Å². The topological polar surface area (TPSA) is 49.3 Å². The minimum atomic E-state index is -0.653. The first-order valence-electron chi connectivity index (χ1n) is 6.38. The summed E-state index contributed by atoms with van der Waals surface area (Å²) in [7, 11) is 0. The van der Waals surface area contributed by atoms with Crippen LogP contribution < -0.4 is 5.32 Å². The van der Waals surface area contributed by atoms with E-state index in [-0.39, 0.29) is 17.9 Å². The predicted molar refractivity (Wildman–Crippen MR) is 81.5 cm³/mol. The summed E-state index contributed by atoms with van der Waals surface area (Å²) in [5.41, 5.74) is 2.17. The fourth-order valence-electron chi connectivity index (χ4n) is 1.72. The molecule has 3 nitrogen and oxygen atoms in total. The number of aliphatic hydroxyl groups excluding tert-OH is 1. The first kappa shape index (κ1) is 16.1. The summed E-state index contributed by atoms with van der Waals surface area (Å²) in [6.45, 7) is 6.72. The number of amides is 1. The number of carbonyl (C=O) groups excluding carboxylic acids is 1. The smallest absolute Gasteiger partial charge is 0.230 e. The molecule has 106 valence electrons. The van der Waals surface area contributed by atoms with E-state index < -0.39 is 6.10 Å². The lowest BCUT2D eigenvalue weighted by Gasteiger charge is -2.20. The zero-order chi connectivity index (χ0) is 14.5. The monoisotopic (exact) mass is 281 g/mol. The Balaban J connectivity index is 2.58. The van der Waals surface area contributed by atoms with E-state index >= 15 is 0 Å². The average molecular weight is 281 g/mol. The summed E-state index contributed by atoms with van der Waals surface area (Å²) in [6.07, 6.45) is 1.22. The van der Waals surface area contributed by atoms with Gasteiger partial charge in [0.1, 0.15) is 0 Å². The van der Waals surface area contributed by atoms with Crippen LogP contribution in [-0.4, -0.2) is 29.6 Å². The maximum absolute atomic E-state index is 11.3. The molecule has 0 fully saturated rings. The summed E-state index contributed by atoms with van der Waals surface area (Å²) in [4.78, 5) is 11.3. The molecule has 19 heavy (non-hydrogen) atoms. The van der Waals surface area contributed by atoms with Crippen molar-refractivity contribution in [2.24, 2.45) is 0 Å².